The molecule has 86 valence electrons. The van der Waals surface area contributed by atoms with Crippen molar-refractivity contribution in [2.75, 3.05) is 12.3 Å². The lowest BCUT2D eigenvalue weighted by Crippen LogP contribution is -2.48. The fraction of sp³-hybridized carbons (Fsp3) is 0.889. The molecule has 2 fully saturated rings. The minimum Gasteiger partial charge on any atom is -0.355 e. The predicted molar refractivity (Wildman–Crippen MR) is 55.7 cm³/mol. The van der Waals surface area contributed by atoms with Gasteiger partial charge in [0.25, 0.3) is 0 Å². The quantitative estimate of drug-likeness (QED) is 0.692. The maximum atomic E-state index is 11.6. The number of hydrogen-bond acceptors (Lipinski definition) is 3. The molecule has 0 aromatic rings. The Morgan fingerprint density at radius 3 is 2.60 bits per heavy atom. The first-order chi connectivity index (χ1) is 7.05. The van der Waals surface area contributed by atoms with E-state index in [1.807, 2.05) is 0 Å². The molecule has 2 N–H and O–H groups in total. The van der Waals surface area contributed by atoms with E-state index in [2.05, 4.69) is 10.0 Å². The van der Waals surface area contributed by atoms with Crippen molar-refractivity contribution in [3.05, 3.63) is 0 Å². The molecule has 15 heavy (non-hydrogen) atoms. The first kappa shape index (κ1) is 10.9. The summed E-state index contributed by atoms with van der Waals surface area (Å²) >= 11 is 0. The van der Waals surface area contributed by atoms with Gasteiger partial charge >= 0.3 is 0 Å². The molecule has 1 atom stereocenters. The summed E-state index contributed by atoms with van der Waals surface area (Å²) in [5.41, 5.74) is 0. The number of carbonyl (C=O) groups excluding carboxylic acids is 1. The van der Waals surface area contributed by atoms with Crippen LogP contribution in [0.25, 0.3) is 0 Å². The number of nitrogens with one attached hydrogen (secondary N) is 2. The minimum atomic E-state index is -3.14. The highest BCUT2D eigenvalue weighted by Gasteiger charge is 2.30. The number of sulfonamides is 1. The second-order valence-corrected chi connectivity index (χ2v) is 6.18. The van der Waals surface area contributed by atoms with Crippen LogP contribution in [-0.4, -0.2) is 32.7 Å². The van der Waals surface area contributed by atoms with Gasteiger partial charge < -0.3 is 5.32 Å². The molecule has 1 unspecified atom stereocenters. The largest absolute Gasteiger partial charge is 0.355 e. The van der Waals surface area contributed by atoms with Crippen molar-refractivity contribution in [3.8, 4) is 0 Å². The van der Waals surface area contributed by atoms with Gasteiger partial charge in [-0.1, -0.05) is 0 Å². The van der Waals surface area contributed by atoms with E-state index in [-0.39, 0.29) is 17.7 Å². The Bertz CT molecular complexity index is 338. The van der Waals surface area contributed by atoms with Crippen LogP contribution in [-0.2, 0) is 14.8 Å². The molecular weight excluding hydrogens is 216 g/mol. The fourth-order valence-electron chi connectivity index (χ4n) is 1.73. The topological polar surface area (TPSA) is 75.3 Å². The second kappa shape index (κ2) is 4.09. The summed E-state index contributed by atoms with van der Waals surface area (Å²) in [5.74, 6) is 0.616. The van der Waals surface area contributed by atoms with Gasteiger partial charge in [0.2, 0.25) is 15.9 Å². The predicted octanol–water partition coefficient (Wildman–Crippen LogP) is -0.406. The molecule has 1 heterocycles. The third-order valence-electron chi connectivity index (χ3n) is 2.76. The summed E-state index contributed by atoms with van der Waals surface area (Å²) in [7, 11) is -3.14. The van der Waals surface area contributed by atoms with E-state index in [0.29, 0.717) is 25.3 Å². The van der Waals surface area contributed by atoms with Crippen LogP contribution in [0.2, 0.25) is 0 Å². The van der Waals surface area contributed by atoms with Crippen molar-refractivity contribution in [2.24, 2.45) is 5.92 Å². The van der Waals surface area contributed by atoms with Crippen molar-refractivity contribution in [2.45, 2.75) is 31.7 Å². The van der Waals surface area contributed by atoms with E-state index in [1.54, 1.807) is 0 Å². The Hall–Kier alpha value is -0.620. The molecular formula is C9H16N2O3S. The van der Waals surface area contributed by atoms with Gasteiger partial charge in [-0.2, -0.15) is 0 Å². The van der Waals surface area contributed by atoms with Crippen LogP contribution in [0.4, 0.5) is 0 Å². The lowest BCUT2D eigenvalue weighted by Gasteiger charge is -2.23. The highest BCUT2D eigenvalue weighted by molar-refractivity contribution is 7.89. The molecule has 2 aliphatic rings. The summed E-state index contributed by atoms with van der Waals surface area (Å²) in [6.45, 7) is 0.419. The normalized spacial score (nSPS) is 27.5. The van der Waals surface area contributed by atoms with Crippen LogP contribution in [0.1, 0.15) is 25.7 Å². The summed E-state index contributed by atoms with van der Waals surface area (Å²) in [5, 5.41) is 2.66. The zero-order valence-electron chi connectivity index (χ0n) is 8.53. The van der Waals surface area contributed by atoms with Crippen LogP contribution >= 0.6 is 0 Å². The molecule has 1 aliphatic carbocycles. The van der Waals surface area contributed by atoms with Gasteiger partial charge in [0.15, 0.2) is 0 Å². The van der Waals surface area contributed by atoms with E-state index in [4.69, 9.17) is 0 Å². The van der Waals surface area contributed by atoms with Crippen molar-refractivity contribution >= 4 is 15.9 Å². The minimum absolute atomic E-state index is 0.00707. The molecule has 6 heteroatoms. The van der Waals surface area contributed by atoms with Crippen molar-refractivity contribution in [3.63, 3.8) is 0 Å². The van der Waals surface area contributed by atoms with E-state index in [1.165, 1.54) is 0 Å². The van der Waals surface area contributed by atoms with Crippen molar-refractivity contribution in [1.29, 1.82) is 0 Å². The van der Waals surface area contributed by atoms with Gasteiger partial charge in [-0.3, -0.25) is 4.79 Å². The molecule has 1 saturated carbocycles. The van der Waals surface area contributed by atoms with Gasteiger partial charge in [-0.15, -0.1) is 0 Å². The van der Waals surface area contributed by atoms with Gasteiger partial charge in [0.05, 0.1) is 5.75 Å². The number of amides is 1. The van der Waals surface area contributed by atoms with Gasteiger partial charge in [0, 0.05) is 19.0 Å². The van der Waals surface area contributed by atoms with Crippen molar-refractivity contribution < 1.29 is 13.2 Å². The highest BCUT2D eigenvalue weighted by Crippen LogP contribution is 2.30. The number of hydrogen-bond donors (Lipinski definition) is 2. The lowest BCUT2D eigenvalue weighted by molar-refractivity contribution is -0.122. The highest BCUT2D eigenvalue weighted by atomic mass is 32.2. The molecule has 0 aromatic carbocycles. The summed E-state index contributed by atoms with van der Waals surface area (Å²) in [4.78, 5) is 10.9. The Labute approximate surface area is 89.7 Å². The molecule has 2 rings (SSSR count). The van der Waals surface area contributed by atoms with Crippen LogP contribution in [0, 0.1) is 5.92 Å². The maximum Gasteiger partial charge on any atom is 0.220 e. The first-order valence-corrected chi connectivity index (χ1v) is 6.97. The first-order valence-electron chi connectivity index (χ1n) is 5.32. The van der Waals surface area contributed by atoms with E-state index < -0.39 is 10.0 Å². The van der Waals surface area contributed by atoms with Gasteiger partial charge in [0.1, 0.15) is 0 Å². The maximum absolute atomic E-state index is 11.6. The van der Waals surface area contributed by atoms with Gasteiger partial charge in [-0.05, 0) is 25.2 Å². The van der Waals surface area contributed by atoms with Crippen LogP contribution in [0.15, 0.2) is 0 Å². The number of rotatable bonds is 4. The zero-order valence-corrected chi connectivity index (χ0v) is 9.35. The number of carbonyl (C=O) groups is 1. The van der Waals surface area contributed by atoms with E-state index in [9.17, 15) is 13.2 Å². The Kier molecular flexibility index (Phi) is 2.97. The fourth-order valence-corrected chi connectivity index (χ4v) is 3.49. The molecule has 0 aromatic heterocycles. The summed E-state index contributed by atoms with van der Waals surface area (Å²) in [6, 6.07) is -0.119. The lowest BCUT2D eigenvalue weighted by atomic mass is 10.1. The molecule has 1 amide bonds. The molecule has 0 radical (unpaired) electrons. The third-order valence-corrected chi connectivity index (χ3v) is 4.37. The Morgan fingerprint density at radius 1 is 1.33 bits per heavy atom. The average molecular weight is 232 g/mol. The van der Waals surface area contributed by atoms with Crippen LogP contribution in [0.3, 0.4) is 0 Å². The molecule has 0 spiro atoms. The molecule has 1 saturated heterocycles. The zero-order chi connectivity index (χ0) is 10.9. The second-order valence-electron chi connectivity index (χ2n) is 4.38. The summed E-state index contributed by atoms with van der Waals surface area (Å²) in [6.07, 6.45) is 3.08. The smallest absolute Gasteiger partial charge is 0.220 e. The molecule has 1 aliphatic heterocycles. The molecule has 0 bridgehead atoms. The van der Waals surface area contributed by atoms with Crippen LogP contribution in [0.5, 0.6) is 0 Å². The Morgan fingerprint density at radius 2 is 2.07 bits per heavy atom. The van der Waals surface area contributed by atoms with Crippen molar-refractivity contribution in [1.82, 2.24) is 10.0 Å². The monoisotopic (exact) mass is 232 g/mol. The van der Waals surface area contributed by atoms with E-state index in [0.717, 1.165) is 12.8 Å². The summed E-state index contributed by atoms with van der Waals surface area (Å²) < 4.78 is 25.9. The van der Waals surface area contributed by atoms with Crippen LogP contribution < -0.4 is 10.0 Å². The molecule has 5 nitrogen and oxygen atoms in total. The third kappa shape index (κ3) is 3.46. The average Bonchev–Trinajstić information content (AvgIpc) is 2.91. The SMILES string of the molecule is O=C1CCC(NS(=O)(=O)CC2CC2)CN1. The number of piperidine rings is 1. The van der Waals surface area contributed by atoms with E-state index >= 15 is 0 Å². The standard InChI is InChI=1S/C9H16N2O3S/c12-9-4-3-8(5-10-9)11-15(13,14)6-7-1-2-7/h7-8,11H,1-6H2,(H,10,12). The Balaban J connectivity index is 1.82. The van der Waals surface area contributed by atoms with Gasteiger partial charge in [-0.25, -0.2) is 13.1 Å².